The Labute approximate surface area is 140 Å². The molecule has 0 aliphatic carbocycles. The van der Waals surface area contributed by atoms with Crippen molar-refractivity contribution in [2.24, 2.45) is 0 Å². The fraction of sp³-hybridized carbons (Fsp3) is 0.0667. The van der Waals surface area contributed by atoms with Crippen molar-refractivity contribution >= 4 is 39.8 Å². The standard InChI is InChI=1S/C15H9Cl2N3O3/c1-8-6-9(20(22)23)7-11-13(8)14(21)19(15(17)18-11)12-5-3-2-4-10(12)16/h2-7H,1H3. The van der Waals surface area contributed by atoms with Gasteiger partial charge in [0.25, 0.3) is 11.2 Å². The number of benzene rings is 2. The minimum Gasteiger partial charge on any atom is -0.268 e. The average molecular weight is 350 g/mol. The van der Waals surface area contributed by atoms with Gasteiger partial charge in [-0.05, 0) is 36.2 Å². The number of aromatic nitrogens is 2. The normalized spacial score (nSPS) is 10.9. The maximum Gasteiger partial charge on any atom is 0.271 e. The van der Waals surface area contributed by atoms with Crippen molar-refractivity contribution in [3.63, 3.8) is 0 Å². The molecule has 23 heavy (non-hydrogen) atoms. The lowest BCUT2D eigenvalue weighted by molar-refractivity contribution is -0.384. The van der Waals surface area contributed by atoms with E-state index in [9.17, 15) is 14.9 Å². The summed E-state index contributed by atoms with van der Waals surface area (Å²) in [4.78, 5) is 27.3. The molecule has 0 saturated carbocycles. The fourth-order valence-electron chi connectivity index (χ4n) is 2.41. The number of hydrogen-bond acceptors (Lipinski definition) is 4. The van der Waals surface area contributed by atoms with E-state index >= 15 is 0 Å². The number of aryl methyl sites for hydroxylation is 1. The molecule has 3 aromatic rings. The molecule has 0 spiro atoms. The molecule has 0 bridgehead atoms. The van der Waals surface area contributed by atoms with E-state index in [0.717, 1.165) is 0 Å². The number of fused-ring (bicyclic) bond motifs is 1. The van der Waals surface area contributed by atoms with Crippen LogP contribution in [-0.2, 0) is 0 Å². The Balaban J connectivity index is 2.42. The fourth-order valence-corrected chi connectivity index (χ4v) is 2.89. The second-order valence-corrected chi connectivity index (χ2v) is 5.63. The summed E-state index contributed by atoms with van der Waals surface area (Å²) in [6.07, 6.45) is 0. The predicted molar refractivity (Wildman–Crippen MR) is 88.8 cm³/mol. The van der Waals surface area contributed by atoms with Crippen LogP contribution in [-0.4, -0.2) is 14.5 Å². The topological polar surface area (TPSA) is 78.0 Å². The number of rotatable bonds is 2. The first kappa shape index (κ1) is 15.5. The molecule has 0 aliphatic rings. The third-order valence-corrected chi connectivity index (χ3v) is 3.99. The van der Waals surface area contributed by atoms with Crippen molar-refractivity contribution in [3.05, 3.63) is 72.7 Å². The minimum atomic E-state index is -0.540. The van der Waals surface area contributed by atoms with E-state index in [1.165, 1.54) is 16.7 Å². The van der Waals surface area contributed by atoms with Crippen molar-refractivity contribution < 1.29 is 4.92 Å². The molecule has 0 unspecified atom stereocenters. The number of halogens is 2. The SMILES string of the molecule is Cc1cc([N+](=O)[O-])cc2nc(Cl)n(-c3ccccc3Cl)c(=O)c12. The van der Waals surface area contributed by atoms with Gasteiger partial charge in [0.2, 0.25) is 5.28 Å². The lowest BCUT2D eigenvalue weighted by atomic mass is 10.1. The van der Waals surface area contributed by atoms with Gasteiger partial charge in [0, 0.05) is 12.1 Å². The molecule has 8 heteroatoms. The maximum absolute atomic E-state index is 12.8. The highest BCUT2D eigenvalue weighted by Crippen LogP contribution is 2.26. The number of nitrogens with zero attached hydrogens (tertiary/aromatic N) is 3. The molecule has 3 rings (SSSR count). The molecule has 0 amide bonds. The van der Waals surface area contributed by atoms with E-state index in [4.69, 9.17) is 23.2 Å². The zero-order valence-corrected chi connectivity index (χ0v) is 13.3. The highest BCUT2D eigenvalue weighted by atomic mass is 35.5. The smallest absolute Gasteiger partial charge is 0.268 e. The third kappa shape index (κ3) is 2.56. The van der Waals surface area contributed by atoms with Gasteiger partial charge in [-0.3, -0.25) is 14.9 Å². The van der Waals surface area contributed by atoms with Crippen LogP contribution in [0.4, 0.5) is 5.69 Å². The monoisotopic (exact) mass is 349 g/mol. The summed E-state index contributed by atoms with van der Waals surface area (Å²) in [5.74, 6) is 0. The quantitative estimate of drug-likeness (QED) is 0.399. The lowest BCUT2D eigenvalue weighted by Gasteiger charge is -2.11. The minimum absolute atomic E-state index is 0.115. The van der Waals surface area contributed by atoms with E-state index in [2.05, 4.69) is 4.98 Å². The van der Waals surface area contributed by atoms with Crippen molar-refractivity contribution in [2.75, 3.05) is 0 Å². The summed E-state index contributed by atoms with van der Waals surface area (Å²) in [6.45, 7) is 1.61. The van der Waals surface area contributed by atoms with Gasteiger partial charge in [0.15, 0.2) is 0 Å². The first-order chi connectivity index (χ1) is 10.9. The van der Waals surface area contributed by atoms with Crippen molar-refractivity contribution in [3.8, 4) is 5.69 Å². The first-order valence-electron chi connectivity index (χ1n) is 6.52. The van der Waals surface area contributed by atoms with Crippen LogP contribution in [0.25, 0.3) is 16.6 Å². The van der Waals surface area contributed by atoms with Crippen LogP contribution in [0.15, 0.2) is 41.2 Å². The Morgan fingerprint density at radius 2 is 1.91 bits per heavy atom. The third-order valence-electron chi connectivity index (χ3n) is 3.42. The number of non-ortho nitro benzene ring substituents is 1. The summed E-state index contributed by atoms with van der Waals surface area (Å²) >= 11 is 12.2. The van der Waals surface area contributed by atoms with E-state index < -0.39 is 10.5 Å². The second kappa shape index (κ2) is 5.64. The summed E-state index contributed by atoms with van der Waals surface area (Å²) < 4.78 is 1.19. The highest BCUT2D eigenvalue weighted by Gasteiger charge is 2.18. The Morgan fingerprint density at radius 1 is 1.22 bits per heavy atom. The van der Waals surface area contributed by atoms with E-state index in [-0.39, 0.29) is 21.9 Å². The number of para-hydroxylation sites is 1. The van der Waals surface area contributed by atoms with Gasteiger partial charge in [-0.2, -0.15) is 0 Å². The van der Waals surface area contributed by atoms with E-state index in [1.807, 2.05) is 0 Å². The molecule has 116 valence electrons. The molecule has 0 atom stereocenters. The summed E-state index contributed by atoms with van der Waals surface area (Å²) in [6, 6.07) is 9.28. The highest BCUT2D eigenvalue weighted by molar-refractivity contribution is 6.33. The lowest BCUT2D eigenvalue weighted by Crippen LogP contribution is -2.21. The van der Waals surface area contributed by atoms with E-state index in [0.29, 0.717) is 16.3 Å². The number of nitro benzene ring substituents is 1. The molecule has 1 heterocycles. The van der Waals surface area contributed by atoms with Gasteiger partial charge in [0.05, 0.1) is 26.5 Å². The van der Waals surface area contributed by atoms with Gasteiger partial charge < -0.3 is 0 Å². The predicted octanol–water partition coefficient (Wildman–Crippen LogP) is 3.91. The zero-order chi connectivity index (χ0) is 16.7. The number of nitro groups is 1. The molecule has 0 N–H and O–H groups in total. The molecule has 1 aromatic heterocycles. The second-order valence-electron chi connectivity index (χ2n) is 4.89. The molecular formula is C15H9Cl2N3O3. The number of hydrogen-bond donors (Lipinski definition) is 0. The maximum atomic E-state index is 12.8. The summed E-state index contributed by atoms with van der Waals surface area (Å²) in [5.41, 5.74) is 0.449. The zero-order valence-electron chi connectivity index (χ0n) is 11.8. The molecule has 0 fully saturated rings. The molecule has 2 aromatic carbocycles. The van der Waals surface area contributed by atoms with Crippen LogP contribution in [0.3, 0.4) is 0 Å². The Kier molecular flexibility index (Phi) is 3.79. The Hall–Kier alpha value is -2.44. The van der Waals surface area contributed by atoms with Crippen LogP contribution in [0.5, 0.6) is 0 Å². The summed E-state index contributed by atoms with van der Waals surface area (Å²) in [7, 11) is 0. The molecule has 0 aliphatic heterocycles. The van der Waals surface area contributed by atoms with Gasteiger partial charge in [-0.25, -0.2) is 9.55 Å². The van der Waals surface area contributed by atoms with Crippen LogP contribution in [0.2, 0.25) is 10.3 Å². The molecule has 6 nitrogen and oxygen atoms in total. The van der Waals surface area contributed by atoms with Crippen LogP contribution >= 0.6 is 23.2 Å². The molecule has 0 saturated heterocycles. The molecular weight excluding hydrogens is 341 g/mol. The van der Waals surface area contributed by atoms with Gasteiger partial charge in [-0.15, -0.1) is 0 Å². The van der Waals surface area contributed by atoms with Gasteiger partial charge in [-0.1, -0.05) is 23.7 Å². The summed E-state index contributed by atoms with van der Waals surface area (Å²) in [5, 5.41) is 11.4. The van der Waals surface area contributed by atoms with Crippen LogP contribution in [0.1, 0.15) is 5.56 Å². The van der Waals surface area contributed by atoms with Crippen molar-refractivity contribution in [1.82, 2.24) is 9.55 Å². The van der Waals surface area contributed by atoms with Gasteiger partial charge >= 0.3 is 0 Å². The Bertz CT molecular complexity index is 1010. The molecule has 0 radical (unpaired) electrons. The van der Waals surface area contributed by atoms with Crippen LogP contribution in [0, 0.1) is 17.0 Å². The van der Waals surface area contributed by atoms with Gasteiger partial charge in [0.1, 0.15) is 0 Å². The first-order valence-corrected chi connectivity index (χ1v) is 7.28. The average Bonchev–Trinajstić information content (AvgIpc) is 2.48. The largest absolute Gasteiger partial charge is 0.271 e. The van der Waals surface area contributed by atoms with Crippen LogP contribution < -0.4 is 5.56 Å². The Morgan fingerprint density at radius 3 is 2.57 bits per heavy atom. The van der Waals surface area contributed by atoms with Crippen molar-refractivity contribution in [2.45, 2.75) is 6.92 Å². The van der Waals surface area contributed by atoms with E-state index in [1.54, 1.807) is 31.2 Å². The van der Waals surface area contributed by atoms with Crippen molar-refractivity contribution in [1.29, 1.82) is 0 Å².